The van der Waals surface area contributed by atoms with Crippen LogP contribution in [-0.2, 0) is 20.8 Å². The molecule has 2 amide bonds. The van der Waals surface area contributed by atoms with Gasteiger partial charge in [0.05, 0.1) is 24.3 Å². The van der Waals surface area contributed by atoms with Crippen LogP contribution in [0.25, 0.3) is 5.76 Å². The van der Waals surface area contributed by atoms with Gasteiger partial charge in [-0.3, -0.25) is 24.1 Å². The third-order valence-electron chi connectivity index (χ3n) is 9.95. The number of benzene rings is 2. The summed E-state index contributed by atoms with van der Waals surface area (Å²) in [5.74, 6) is -9.29. The molecule has 2 fully saturated rings. The molecule has 4 aliphatic rings. The normalized spacial score (nSPS) is 27.6. The number of hydrogen-bond donors (Lipinski definition) is 7. The van der Waals surface area contributed by atoms with Gasteiger partial charge in [-0.05, 0) is 62.9 Å². The lowest BCUT2D eigenvalue weighted by molar-refractivity contribution is -0.150. The second-order valence-corrected chi connectivity index (χ2v) is 12.2. The highest BCUT2D eigenvalue weighted by Gasteiger charge is 2.64. The fourth-order valence-electron chi connectivity index (χ4n) is 7.85. The quantitative estimate of drug-likeness (QED) is 0.227. The van der Waals surface area contributed by atoms with Gasteiger partial charge in [-0.25, -0.2) is 0 Å². The number of fused-ring (bicyclic) bond motifs is 3. The van der Waals surface area contributed by atoms with Gasteiger partial charge in [0, 0.05) is 28.7 Å². The van der Waals surface area contributed by atoms with Crippen LogP contribution in [0.5, 0.6) is 17.2 Å². The first-order valence-electron chi connectivity index (χ1n) is 15.1. The zero-order valence-electron chi connectivity index (χ0n) is 25.2. The average Bonchev–Trinajstić information content (AvgIpc) is 3.49. The molecule has 1 saturated carbocycles. The summed E-state index contributed by atoms with van der Waals surface area (Å²) in [5, 5.41) is 58.5. The number of methoxy groups -OCH3 is 1. The first-order chi connectivity index (χ1) is 21.9. The number of phenols is 2. The van der Waals surface area contributed by atoms with E-state index in [2.05, 4.69) is 10.2 Å². The third-order valence-corrected chi connectivity index (χ3v) is 9.95. The molecule has 0 unspecified atom stereocenters. The number of carbonyl (C=O) groups is 4. The summed E-state index contributed by atoms with van der Waals surface area (Å²) in [7, 11) is 1.47. The molecule has 1 heterocycles. The number of phenolic OH excluding ortho intramolecular Hbond substituents is 2. The second-order valence-electron chi connectivity index (χ2n) is 12.2. The number of rotatable bonds is 6. The summed E-state index contributed by atoms with van der Waals surface area (Å²) >= 11 is 0. The number of aliphatic hydroxyl groups excluding tert-OH is 2. The minimum Gasteiger partial charge on any atom is -0.508 e. The number of amides is 2. The lowest BCUT2D eigenvalue weighted by Gasteiger charge is -2.49. The lowest BCUT2D eigenvalue weighted by Crippen LogP contribution is -2.66. The van der Waals surface area contributed by atoms with Gasteiger partial charge in [0.1, 0.15) is 34.3 Å². The van der Waals surface area contributed by atoms with Crippen molar-refractivity contribution in [1.82, 2.24) is 10.2 Å². The summed E-state index contributed by atoms with van der Waals surface area (Å²) in [6, 6.07) is 5.21. The molecular weight excluding hydrogens is 598 g/mol. The fraction of sp³-hybridized carbons (Fsp3) is 0.394. The zero-order chi connectivity index (χ0) is 33.2. The number of ether oxygens (including phenoxy) is 1. The van der Waals surface area contributed by atoms with Crippen molar-refractivity contribution in [1.29, 1.82) is 0 Å². The number of likely N-dealkylation sites (tertiary alicyclic amines) is 1. The standard InChI is InChI=1S/C33H35N3O10/c1-3-36-10-6-8-19(36)16-13-21(38)23-17(28(16)46-2)11-14-12-18-25(35-32(44)15-7-4-5-9-20(15)37)27(40)24(31(34)43)30(42)33(18,45)29(41)22(14)26(23)39/h4-5,7,9,13-14,18-19,25,37-39,42,45H,3,6,8,10-12H2,1-2H3,(H2,34,43)(H,35,44)/t14-,18-,19-,25-,33-/m0/s1. The summed E-state index contributed by atoms with van der Waals surface area (Å²) in [5.41, 5.74) is 1.94. The number of nitrogens with zero attached hydrogens (tertiary/aromatic N) is 1. The van der Waals surface area contributed by atoms with E-state index in [0.29, 0.717) is 11.3 Å². The van der Waals surface area contributed by atoms with Gasteiger partial charge in [-0.2, -0.15) is 0 Å². The molecule has 8 N–H and O–H groups in total. The Balaban J connectivity index is 1.49. The molecule has 46 heavy (non-hydrogen) atoms. The molecule has 13 heteroatoms. The van der Waals surface area contributed by atoms with Crippen LogP contribution in [0.3, 0.4) is 0 Å². The minimum atomic E-state index is -2.95. The summed E-state index contributed by atoms with van der Waals surface area (Å²) in [6.45, 7) is 3.66. The van der Waals surface area contributed by atoms with Crippen LogP contribution in [0.15, 0.2) is 47.2 Å². The van der Waals surface area contributed by atoms with Gasteiger partial charge < -0.3 is 41.3 Å². The Hall–Kier alpha value is -4.88. The molecule has 3 aliphatic carbocycles. The average molecular weight is 634 g/mol. The number of para-hydroxylation sites is 1. The monoisotopic (exact) mass is 633 g/mol. The van der Waals surface area contributed by atoms with E-state index in [1.807, 2.05) is 6.92 Å². The van der Waals surface area contributed by atoms with E-state index in [1.165, 1.54) is 37.4 Å². The van der Waals surface area contributed by atoms with E-state index in [0.717, 1.165) is 31.5 Å². The summed E-state index contributed by atoms with van der Waals surface area (Å²) < 4.78 is 5.85. The highest BCUT2D eigenvalue weighted by molar-refractivity contribution is 6.25. The van der Waals surface area contributed by atoms with Crippen molar-refractivity contribution < 1.29 is 49.4 Å². The SMILES string of the molecule is CCN1CCC[C@H]1c1cc(O)c2c(c1OC)C[C@H]1C[C@H]3[C@H](NC(=O)c4ccccc4O)C(=O)C(C(N)=O)=C(O)[C@@]3(O)C(=O)C1=C2O. The maximum absolute atomic E-state index is 14.2. The largest absolute Gasteiger partial charge is 0.508 e. The van der Waals surface area contributed by atoms with Crippen LogP contribution in [-0.4, -0.2) is 85.7 Å². The molecule has 2 aromatic rings. The second kappa shape index (κ2) is 11.2. The van der Waals surface area contributed by atoms with Gasteiger partial charge in [-0.15, -0.1) is 0 Å². The van der Waals surface area contributed by atoms with Gasteiger partial charge in [0.25, 0.3) is 11.8 Å². The Bertz CT molecular complexity index is 1760. The fourth-order valence-corrected chi connectivity index (χ4v) is 7.85. The Morgan fingerprint density at radius 1 is 1.13 bits per heavy atom. The molecule has 13 nitrogen and oxygen atoms in total. The van der Waals surface area contributed by atoms with E-state index >= 15 is 0 Å². The van der Waals surface area contributed by atoms with Crippen molar-refractivity contribution >= 4 is 29.1 Å². The van der Waals surface area contributed by atoms with Crippen LogP contribution in [0.1, 0.15) is 59.3 Å². The highest BCUT2D eigenvalue weighted by Crippen LogP contribution is 2.54. The lowest BCUT2D eigenvalue weighted by atomic mass is 9.57. The predicted molar refractivity (Wildman–Crippen MR) is 162 cm³/mol. The maximum Gasteiger partial charge on any atom is 0.255 e. The van der Waals surface area contributed by atoms with Gasteiger partial charge in [0.15, 0.2) is 11.4 Å². The predicted octanol–water partition coefficient (Wildman–Crippen LogP) is 1.70. The number of Topliss-reactive ketones (excluding diaryl/α,β-unsaturated/α-hetero) is 2. The van der Waals surface area contributed by atoms with E-state index in [-0.39, 0.29) is 41.3 Å². The number of nitrogens with one attached hydrogen (secondary N) is 1. The Kier molecular flexibility index (Phi) is 7.56. The van der Waals surface area contributed by atoms with Crippen molar-refractivity contribution in [3.05, 3.63) is 69.5 Å². The van der Waals surface area contributed by atoms with Crippen LogP contribution >= 0.6 is 0 Å². The van der Waals surface area contributed by atoms with Gasteiger partial charge in [0.2, 0.25) is 5.78 Å². The first kappa shape index (κ1) is 31.1. The van der Waals surface area contributed by atoms with E-state index in [4.69, 9.17) is 10.5 Å². The van der Waals surface area contributed by atoms with Crippen LogP contribution in [0, 0.1) is 11.8 Å². The molecule has 1 saturated heterocycles. The minimum absolute atomic E-state index is 0.0396. The number of ketones is 2. The summed E-state index contributed by atoms with van der Waals surface area (Å²) in [4.78, 5) is 55.7. The molecule has 242 valence electrons. The molecule has 0 aromatic heterocycles. The van der Waals surface area contributed by atoms with Crippen molar-refractivity contribution in [3.63, 3.8) is 0 Å². The van der Waals surface area contributed by atoms with Crippen LogP contribution in [0.4, 0.5) is 0 Å². The first-order valence-corrected chi connectivity index (χ1v) is 15.1. The number of aromatic hydroxyl groups is 2. The Labute approximate surface area is 263 Å². The molecule has 6 rings (SSSR count). The zero-order valence-corrected chi connectivity index (χ0v) is 25.2. The number of primary amides is 1. The van der Waals surface area contributed by atoms with Gasteiger partial charge >= 0.3 is 0 Å². The molecule has 2 aromatic carbocycles. The van der Waals surface area contributed by atoms with Crippen molar-refractivity contribution in [2.45, 2.75) is 50.3 Å². The molecule has 5 atom stereocenters. The Morgan fingerprint density at radius 3 is 2.50 bits per heavy atom. The van der Waals surface area contributed by atoms with E-state index in [1.54, 1.807) is 0 Å². The third kappa shape index (κ3) is 4.36. The molecule has 0 bridgehead atoms. The molecule has 1 aliphatic heterocycles. The Morgan fingerprint density at radius 2 is 1.85 bits per heavy atom. The van der Waals surface area contributed by atoms with Gasteiger partial charge in [-0.1, -0.05) is 19.1 Å². The molecular formula is C33H35N3O10. The number of nitrogens with two attached hydrogens (primary N) is 1. The summed E-state index contributed by atoms with van der Waals surface area (Å²) in [6.07, 6.45) is 1.57. The van der Waals surface area contributed by atoms with Crippen molar-refractivity contribution in [2.24, 2.45) is 17.6 Å². The number of carbonyl (C=O) groups excluding carboxylic acids is 4. The van der Waals surface area contributed by atoms with E-state index in [9.17, 15) is 44.7 Å². The number of aliphatic hydroxyl groups is 3. The van der Waals surface area contributed by atoms with E-state index < -0.39 is 69.7 Å². The number of hydrogen-bond acceptors (Lipinski definition) is 11. The molecule has 0 radical (unpaired) electrons. The van der Waals surface area contributed by atoms with Crippen LogP contribution < -0.4 is 15.8 Å². The van der Waals surface area contributed by atoms with Crippen molar-refractivity contribution in [2.75, 3.05) is 20.2 Å². The topological polar surface area (TPSA) is 220 Å². The molecule has 0 spiro atoms. The smallest absolute Gasteiger partial charge is 0.255 e. The van der Waals surface area contributed by atoms with Crippen molar-refractivity contribution in [3.8, 4) is 17.2 Å². The highest BCUT2D eigenvalue weighted by atomic mass is 16.5. The van der Waals surface area contributed by atoms with Crippen LogP contribution in [0.2, 0.25) is 0 Å². The maximum atomic E-state index is 14.2.